The number of unbranched alkanes of at least 4 members (excludes halogenated alkanes) is 1. The molecule has 0 saturated heterocycles. The Morgan fingerprint density at radius 2 is 2.06 bits per heavy atom. The largest absolute Gasteiger partial charge is 0.380 e. The van der Waals surface area contributed by atoms with E-state index in [2.05, 4.69) is 44.7 Å². The normalized spacial score (nSPS) is 11.8. The highest BCUT2D eigenvalue weighted by Crippen LogP contribution is 2.09. The third-order valence-electron chi connectivity index (χ3n) is 2.59. The van der Waals surface area contributed by atoms with Gasteiger partial charge in [-0.1, -0.05) is 49.3 Å². The highest BCUT2D eigenvalue weighted by molar-refractivity contribution is 5.42. The Hall–Kier alpha value is -1.26. The van der Waals surface area contributed by atoms with Crippen LogP contribution in [0.15, 0.2) is 18.2 Å². The van der Waals surface area contributed by atoms with Gasteiger partial charge >= 0.3 is 0 Å². The zero-order valence-electron chi connectivity index (χ0n) is 10.4. The lowest BCUT2D eigenvalue weighted by Gasteiger charge is -2.02. The Labute approximate surface area is 98.5 Å². The van der Waals surface area contributed by atoms with E-state index in [0.29, 0.717) is 0 Å². The number of hydrogen-bond donors (Lipinski definition) is 1. The van der Waals surface area contributed by atoms with E-state index < -0.39 is 6.10 Å². The minimum atomic E-state index is -0.486. The molecule has 1 atom stereocenters. The van der Waals surface area contributed by atoms with Crippen LogP contribution in [0.2, 0.25) is 0 Å². The van der Waals surface area contributed by atoms with Gasteiger partial charge in [-0.25, -0.2) is 0 Å². The van der Waals surface area contributed by atoms with Gasteiger partial charge in [-0.05, 0) is 31.9 Å². The maximum absolute atomic E-state index is 9.61. The summed E-state index contributed by atoms with van der Waals surface area (Å²) in [5.74, 6) is 5.95. The first kappa shape index (κ1) is 12.8. The first-order chi connectivity index (χ1) is 7.63. The third-order valence-corrected chi connectivity index (χ3v) is 2.59. The Morgan fingerprint density at radius 1 is 1.31 bits per heavy atom. The van der Waals surface area contributed by atoms with Crippen LogP contribution in [0.4, 0.5) is 0 Å². The molecule has 0 heterocycles. The second-order valence-electron chi connectivity index (χ2n) is 4.25. The number of aliphatic hydroxyl groups excluding tert-OH is 1. The van der Waals surface area contributed by atoms with Crippen molar-refractivity contribution < 1.29 is 5.11 Å². The quantitative estimate of drug-likeness (QED) is 0.769. The summed E-state index contributed by atoms with van der Waals surface area (Å²) in [6.45, 7) is 6.24. The molecular formula is C15H20O. The molecule has 1 nitrogen and oxygen atoms in total. The topological polar surface area (TPSA) is 20.2 Å². The lowest BCUT2D eigenvalue weighted by molar-refractivity contribution is 0.218. The van der Waals surface area contributed by atoms with E-state index in [1.807, 2.05) is 6.07 Å². The average molecular weight is 216 g/mol. The summed E-state index contributed by atoms with van der Waals surface area (Å²) in [5.41, 5.74) is 3.44. The minimum absolute atomic E-state index is 0.486. The monoisotopic (exact) mass is 216 g/mol. The Balaban J connectivity index is 2.69. The van der Waals surface area contributed by atoms with Gasteiger partial charge < -0.3 is 5.11 Å². The zero-order chi connectivity index (χ0) is 12.0. The second kappa shape index (κ2) is 6.35. The van der Waals surface area contributed by atoms with Gasteiger partial charge in [0.25, 0.3) is 0 Å². The van der Waals surface area contributed by atoms with Crippen LogP contribution in [0.25, 0.3) is 0 Å². The Bertz CT molecular complexity index is 396. The van der Waals surface area contributed by atoms with Crippen molar-refractivity contribution in [2.45, 2.75) is 46.1 Å². The summed E-state index contributed by atoms with van der Waals surface area (Å²) >= 11 is 0. The van der Waals surface area contributed by atoms with Gasteiger partial charge in [0.15, 0.2) is 0 Å². The van der Waals surface area contributed by atoms with Crippen LogP contribution in [0, 0.1) is 25.7 Å². The molecule has 1 N–H and O–H groups in total. The number of aliphatic hydroxyl groups is 1. The van der Waals surface area contributed by atoms with Crippen LogP contribution in [-0.2, 0) is 0 Å². The fourth-order valence-electron chi connectivity index (χ4n) is 1.58. The zero-order valence-corrected chi connectivity index (χ0v) is 10.4. The highest BCUT2D eigenvalue weighted by atomic mass is 16.3. The number of hydrogen-bond acceptors (Lipinski definition) is 1. The van der Waals surface area contributed by atoms with Crippen LogP contribution in [-0.4, -0.2) is 11.2 Å². The van der Waals surface area contributed by atoms with E-state index >= 15 is 0 Å². The number of benzene rings is 1. The predicted octanol–water partition coefficient (Wildman–Crippen LogP) is 3.21. The maximum Gasteiger partial charge on any atom is 0.115 e. The molecule has 0 aliphatic heterocycles. The SMILES string of the molecule is CCCCC(O)C#Cc1ccc(C)cc1C. The second-order valence-corrected chi connectivity index (χ2v) is 4.25. The van der Waals surface area contributed by atoms with Crippen molar-refractivity contribution >= 4 is 0 Å². The molecule has 0 aliphatic rings. The summed E-state index contributed by atoms with van der Waals surface area (Å²) in [5, 5.41) is 9.61. The van der Waals surface area contributed by atoms with Crippen molar-refractivity contribution in [3.05, 3.63) is 34.9 Å². The van der Waals surface area contributed by atoms with Crippen molar-refractivity contribution in [3.63, 3.8) is 0 Å². The number of rotatable bonds is 3. The molecule has 0 aliphatic carbocycles. The molecule has 1 unspecified atom stereocenters. The first-order valence-electron chi connectivity index (χ1n) is 5.90. The molecule has 0 amide bonds. The van der Waals surface area contributed by atoms with Gasteiger partial charge in [-0.15, -0.1) is 0 Å². The van der Waals surface area contributed by atoms with Crippen molar-refractivity contribution in [2.24, 2.45) is 0 Å². The highest BCUT2D eigenvalue weighted by Gasteiger charge is 1.98. The molecule has 0 spiro atoms. The van der Waals surface area contributed by atoms with Crippen molar-refractivity contribution in [3.8, 4) is 11.8 Å². The van der Waals surface area contributed by atoms with Gasteiger partial charge in [-0.3, -0.25) is 0 Å². The van der Waals surface area contributed by atoms with E-state index in [-0.39, 0.29) is 0 Å². The van der Waals surface area contributed by atoms with E-state index in [1.54, 1.807) is 0 Å². The lowest BCUT2D eigenvalue weighted by atomic mass is 10.1. The molecule has 1 aromatic rings. The molecule has 0 radical (unpaired) electrons. The summed E-state index contributed by atoms with van der Waals surface area (Å²) in [7, 11) is 0. The van der Waals surface area contributed by atoms with Crippen molar-refractivity contribution in [2.75, 3.05) is 0 Å². The van der Waals surface area contributed by atoms with Crippen LogP contribution >= 0.6 is 0 Å². The molecule has 0 fully saturated rings. The molecule has 0 saturated carbocycles. The molecule has 1 heteroatoms. The molecule has 0 aromatic heterocycles. The average Bonchev–Trinajstić information content (AvgIpc) is 2.25. The predicted molar refractivity (Wildman–Crippen MR) is 68.3 cm³/mol. The minimum Gasteiger partial charge on any atom is -0.380 e. The van der Waals surface area contributed by atoms with Crippen LogP contribution in [0.3, 0.4) is 0 Å². The van der Waals surface area contributed by atoms with Gasteiger partial charge in [-0.2, -0.15) is 0 Å². The first-order valence-corrected chi connectivity index (χ1v) is 5.90. The van der Waals surface area contributed by atoms with E-state index in [0.717, 1.165) is 24.8 Å². The molecule has 16 heavy (non-hydrogen) atoms. The van der Waals surface area contributed by atoms with E-state index in [9.17, 15) is 5.11 Å². The van der Waals surface area contributed by atoms with Gasteiger partial charge in [0.2, 0.25) is 0 Å². The van der Waals surface area contributed by atoms with Crippen LogP contribution in [0.5, 0.6) is 0 Å². The molecule has 0 bridgehead atoms. The van der Waals surface area contributed by atoms with Gasteiger partial charge in [0.1, 0.15) is 6.10 Å². The summed E-state index contributed by atoms with van der Waals surface area (Å²) in [4.78, 5) is 0. The van der Waals surface area contributed by atoms with Crippen molar-refractivity contribution in [1.29, 1.82) is 0 Å². The fraction of sp³-hybridized carbons (Fsp3) is 0.467. The fourth-order valence-corrected chi connectivity index (χ4v) is 1.58. The summed E-state index contributed by atoms with van der Waals surface area (Å²) in [6.07, 6.45) is 2.42. The standard InChI is InChI=1S/C15H20O/c1-4-5-6-15(16)10-9-14-8-7-12(2)11-13(14)3/h7-8,11,15-16H,4-6H2,1-3H3. The molecule has 1 rings (SSSR count). The smallest absolute Gasteiger partial charge is 0.115 e. The van der Waals surface area contributed by atoms with Crippen LogP contribution < -0.4 is 0 Å². The lowest BCUT2D eigenvalue weighted by Crippen LogP contribution is -2.02. The summed E-state index contributed by atoms with van der Waals surface area (Å²) in [6, 6.07) is 6.18. The van der Waals surface area contributed by atoms with E-state index in [4.69, 9.17) is 0 Å². The number of aryl methyl sites for hydroxylation is 2. The van der Waals surface area contributed by atoms with Gasteiger partial charge in [0, 0.05) is 5.56 Å². The Kier molecular flexibility index (Phi) is 5.08. The third kappa shape index (κ3) is 4.08. The van der Waals surface area contributed by atoms with E-state index in [1.165, 1.54) is 11.1 Å². The van der Waals surface area contributed by atoms with Gasteiger partial charge in [0.05, 0.1) is 0 Å². The molecular weight excluding hydrogens is 196 g/mol. The summed E-state index contributed by atoms with van der Waals surface area (Å²) < 4.78 is 0. The molecule has 86 valence electrons. The van der Waals surface area contributed by atoms with Crippen LogP contribution in [0.1, 0.15) is 42.9 Å². The molecule has 1 aromatic carbocycles. The van der Waals surface area contributed by atoms with Crippen molar-refractivity contribution in [1.82, 2.24) is 0 Å². The maximum atomic E-state index is 9.61. The Morgan fingerprint density at radius 3 is 2.69 bits per heavy atom.